The molecule has 6 nitrogen and oxygen atoms in total. The monoisotopic (exact) mass is 306 g/mol. The van der Waals surface area contributed by atoms with Crippen molar-refractivity contribution in [2.24, 2.45) is 0 Å². The number of aryl methyl sites for hydroxylation is 1. The Balaban J connectivity index is 1.58. The highest BCUT2D eigenvalue weighted by molar-refractivity contribution is 5.90. The number of ether oxygens (including phenoxy) is 1. The van der Waals surface area contributed by atoms with Crippen molar-refractivity contribution in [3.05, 3.63) is 23.7 Å². The van der Waals surface area contributed by atoms with Crippen LogP contribution < -0.4 is 5.32 Å². The van der Waals surface area contributed by atoms with E-state index < -0.39 is 6.04 Å². The maximum atomic E-state index is 12.4. The minimum absolute atomic E-state index is 0.00585. The zero-order valence-corrected chi connectivity index (χ0v) is 12.8. The van der Waals surface area contributed by atoms with Crippen LogP contribution >= 0.6 is 0 Å². The van der Waals surface area contributed by atoms with E-state index in [1.807, 2.05) is 19.1 Å². The van der Waals surface area contributed by atoms with Gasteiger partial charge < -0.3 is 19.4 Å². The SMILES string of the molecule is Cc1ccc(CN2C(=O)CC[C@H]2C(=O)NC[C@@H]2CCCO2)o1. The molecule has 2 aliphatic heterocycles. The summed E-state index contributed by atoms with van der Waals surface area (Å²) >= 11 is 0. The first-order chi connectivity index (χ1) is 10.6. The molecule has 2 fully saturated rings. The normalized spacial score (nSPS) is 25.0. The van der Waals surface area contributed by atoms with Gasteiger partial charge in [0.1, 0.15) is 17.6 Å². The van der Waals surface area contributed by atoms with Crippen LogP contribution in [0.1, 0.15) is 37.2 Å². The van der Waals surface area contributed by atoms with E-state index >= 15 is 0 Å². The average Bonchev–Trinajstić information content (AvgIpc) is 3.21. The number of carbonyl (C=O) groups excluding carboxylic acids is 2. The summed E-state index contributed by atoms with van der Waals surface area (Å²) in [6.07, 6.45) is 3.13. The molecule has 2 amide bonds. The summed E-state index contributed by atoms with van der Waals surface area (Å²) in [5.41, 5.74) is 0. The van der Waals surface area contributed by atoms with Gasteiger partial charge in [-0.05, 0) is 38.3 Å². The lowest BCUT2D eigenvalue weighted by Crippen LogP contribution is -2.46. The number of nitrogens with zero attached hydrogens (tertiary/aromatic N) is 1. The summed E-state index contributed by atoms with van der Waals surface area (Å²) in [6, 6.07) is 3.31. The highest BCUT2D eigenvalue weighted by Gasteiger charge is 2.36. The van der Waals surface area contributed by atoms with Gasteiger partial charge in [0.05, 0.1) is 12.6 Å². The highest BCUT2D eigenvalue weighted by atomic mass is 16.5. The maximum Gasteiger partial charge on any atom is 0.242 e. The van der Waals surface area contributed by atoms with Crippen LogP contribution in [0.3, 0.4) is 0 Å². The Morgan fingerprint density at radius 1 is 1.41 bits per heavy atom. The molecule has 1 aromatic rings. The second-order valence-electron chi connectivity index (χ2n) is 5.97. The van der Waals surface area contributed by atoms with Gasteiger partial charge in [-0.3, -0.25) is 9.59 Å². The zero-order chi connectivity index (χ0) is 15.5. The number of rotatable bonds is 5. The zero-order valence-electron chi connectivity index (χ0n) is 12.8. The van der Waals surface area contributed by atoms with Crippen LogP contribution in [0.5, 0.6) is 0 Å². The molecule has 22 heavy (non-hydrogen) atoms. The summed E-state index contributed by atoms with van der Waals surface area (Å²) in [7, 11) is 0. The van der Waals surface area contributed by atoms with Crippen LogP contribution in [0.4, 0.5) is 0 Å². The predicted molar refractivity (Wildman–Crippen MR) is 79.0 cm³/mol. The van der Waals surface area contributed by atoms with Crippen molar-refractivity contribution in [1.82, 2.24) is 10.2 Å². The highest BCUT2D eigenvalue weighted by Crippen LogP contribution is 2.22. The molecule has 3 rings (SSSR count). The standard InChI is InChI=1S/C16H22N2O4/c1-11-4-5-13(22-11)10-18-14(6-7-15(18)19)16(20)17-9-12-3-2-8-21-12/h4-5,12,14H,2-3,6-10H2,1H3,(H,17,20)/t12-,14-/m0/s1. The van der Waals surface area contributed by atoms with Crippen LogP contribution in [0.25, 0.3) is 0 Å². The molecule has 0 saturated carbocycles. The molecule has 1 aromatic heterocycles. The Morgan fingerprint density at radius 3 is 2.95 bits per heavy atom. The largest absolute Gasteiger partial charge is 0.464 e. The molecule has 120 valence electrons. The van der Waals surface area contributed by atoms with Gasteiger partial charge in [0, 0.05) is 19.6 Å². The van der Waals surface area contributed by atoms with Crippen LogP contribution in [0.2, 0.25) is 0 Å². The Morgan fingerprint density at radius 2 is 2.27 bits per heavy atom. The van der Waals surface area contributed by atoms with Crippen LogP contribution in [0, 0.1) is 6.92 Å². The number of furan rings is 1. The smallest absolute Gasteiger partial charge is 0.242 e. The van der Waals surface area contributed by atoms with Gasteiger partial charge in [0.15, 0.2) is 0 Å². The van der Waals surface area contributed by atoms with Gasteiger partial charge in [-0.2, -0.15) is 0 Å². The number of amides is 2. The van der Waals surface area contributed by atoms with E-state index in [-0.39, 0.29) is 17.9 Å². The van der Waals surface area contributed by atoms with Crippen LogP contribution in [-0.4, -0.2) is 42.0 Å². The number of likely N-dealkylation sites (tertiary alicyclic amines) is 1. The van der Waals surface area contributed by atoms with Crippen molar-refractivity contribution >= 4 is 11.8 Å². The Kier molecular flexibility index (Phi) is 4.47. The second-order valence-corrected chi connectivity index (χ2v) is 5.97. The molecule has 3 heterocycles. The van der Waals surface area contributed by atoms with E-state index in [1.54, 1.807) is 4.90 Å². The lowest BCUT2D eigenvalue weighted by Gasteiger charge is -2.23. The lowest BCUT2D eigenvalue weighted by molar-refractivity contribution is -0.136. The van der Waals surface area contributed by atoms with E-state index in [1.165, 1.54) is 0 Å². The predicted octanol–water partition coefficient (Wildman–Crippen LogP) is 1.37. The fraction of sp³-hybridized carbons (Fsp3) is 0.625. The third kappa shape index (κ3) is 3.32. The van der Waals surface area contributed by atoms with Crippen molar-refractivity contribution in [2.45, 2.75) is 51.3 Å². The second kappa shape index (κ2) is 6.52. The fourth-order valence-electron chi connectivity index (χ4n) is 3.08. The van der Waals surface area contributed by atoms with E-state index in [9.17, 15) is 9.59 Å². The average molecular weight is 306 g/mol. The molecular weight excluding hydrogens is 284 g/mol. The van der Waals surface area contributed by atoms with E-state index in [4.69, 9.17) is 9.15 Å². The first-order valence-corrected chi connectivity index (χ1v) is 7.87. The number of hydrogen-bond acceptors (Lipinski definition) is 4. The van der Waals surface area contributed by atoms with Gasteiger partial charge in [-0.15, -0.1) is 0 Å². The van der Waals surface area contributed by atoms with Crippen molar-refractivity contribution in [3.63, 3.8) is 0 Å². The molecule has 6 heteroatoms. The first-order valence-electron chi connectivity index (χ1n) is 7.87. The van der Waals surface area contributed by atoms with E-state index in [0.29, 0.717) is 31.7 Å². The van der Waals surface area contributed by atoms with Crippen molar-refractivity contribution in [2.75, 3.05) is 13.2 Å². The summed E-state index contributed by atoms with van der Waals surface area (Å²) < 4.78 is 11.0. The number of carbonyl (C=O) groups is 2. The van der Waals surface area contributed by atoms with Crippen molar-refractivity contribution in [3.8, 4) is 0 Å². The van der Waals surface area contributed by atoms with Crippen LogP contribution in [0.15, 0.2) is 16.5 Å². The Hall–Kier alpha value is -1.82. The minimum atomic E-state index is -0.403. The van der Waals surface area contributed by atoms with Crippen molar-refractivity contribution < 1.29 is 18.7 Å². The minimum Gasteiger partial charge on any atom is -0.464 e. The molecule has 0 radical (unpaired) electrons. The summed E-state index contributed by atoms with van der Waals surface area (Å²) in [5, 5.41) is 2.92. The lowest BCUT2D eigenvalue weighted by atomic mass is 10.2. The van der Waals surface area contributed by atoms with Gasteiger partial charge in [0.2, 0.25) is 11.8 Å². The summed E-state index contributed by atoms with van der Waals surface area (Å²) in [4.78, 5) is 26.0. The van der Waals surface area contributed by atoms with E-state index in [2.05, 4.69) is 5.32 Å². The summed E-state index contributed by atoms with van der Waals surface area (Å²) in [5.74, 6) is 1.43. The molecule has 2 saturated heterocycles. The Bertz CT molecular complexity index is 548. The summed E-state index contributed by atoms with van der Waals surface area (Å²) in [6.45, 7) is 3.51. The molecule has 0 spiro atoms. The molecule has 0 bridgehead atoms. The van der Waals surface area contributed by atoms with Crippen molar-refractivity contribution in [1.29, 1.82) is 0 Å². The van der Waals surface area contributed by atoms with Crippen LogP contribution in [-0.2, 0) is 20.9 Å². The Labute approximate surface area is 129 Å². The molecular formula is C16H22N2O4. The van der Waals surface area contributed by atoms with Gasteiger partial charge in [-0.25, -0.2) is 0 Å². The quantitative estimate of drug-likeness (QED) is 0.892. The third-order valence-electron chi connectivity index (χ3n) is 4.28. The first kappa shape index (κ1) is 15.1. The maximum absolute atomic E-state index is 12.4. The van der Waals surface area contributed by atoms with E-state index in [0.717, 1.165) is 25.2 Å². The third-order valence-corrected chi connectivity index (χ3v) is 4.28. The number of hydrogen-bond donors (Lipinski definition) is 1. The number of nitrogens with one attached hydrogen (secondary N) is 1. The molecule has 2 aliphatic rings. The topological polar surface area (TPSA) is 71.8 Å². The molecule has 1 N–H and O–H groups in total. The molecule has 2 atom stereocenters. The van der Waals surface area contributed by atoms with Gasteiger partial charge in [0.25, 0.3) is 0 Å². The molecule has 0 aliphatic carbocycles. The van der Waals surface area contributed by atoms with Gasteiger partial charge >= 0.3 is 0 Å². The molecule has 0 aromatic carbocycles. The fourth-order valence-corrected chi connectivity index (χ4v) is 3.08. The molecule has 0 unspecified atom stereocenters. The van der Waals surface area contributed by atoms with Gasteiger partial charge in [-0.1, -0.05) is 0 Å².